The van der Waals surface area contributed by atoms with E-state index in [0.717, 1.165) is 5.56 Å². The highest BCUT2D eigenvalue weighted by atomic mass is 35.5. The third kappa shape index (κ3) is 3.09. The van der Waals surface area contributed by atoms with Gasteiger partial charge in [0, 0.05) is 24.3 Å². The monoisotopic (exact) mass is 359 g/mol. The summed E-state index contributed by atoms with van der Waals surface area (Å²) in [6.45, 7) is 1.47. The number of likely N-dealkylation sites (tertiary alicyclic amines) is 1. The van der Waals surface area contributed by atoms with Gasteiger partial charge in [-0.15, -0.1) is 0 Å². The largest absolute Gasteiger partial charge is 0.442 e. The minimum Gasteiger partial charge on any atom is -0.442 e. The first kappa shape index (κ1) is 16.0. The molecule has 0 bridgehead atoms. The number of benzene rings is 1. The lowest BCUT2D eigenvalue weighted by Gasteiger charge is -2.22. The first-order chi connectivity index (χ1) is 12.1. The smallest absolute Gasteiger partial charge is 0.410 e. The van der Waals surface area contributed by atoms with Crippen molar-refractivity contribution in [2.24, 2.45) is 0 Å². The van der Waals surface area contributed by atoms with Crippen molar-refractivity contribution in [1.29, 1.82) is 0 Å². The number of nitrogens with one attached hydrogen (secondary N) is 1. The predicted octanol–water partition coefficient (Wildman–Crippen LogP) is 2.56. The fourth-order valence-electron chi connectivity index (χ4n) is 3.50. The lowest BCUT2D eigenvalue weighted by molar-refractivity contribution is 0.0723. The maximum Gasteiger partial charge on any atom is 0.410 e. The van der Waals surface area contributed by atoms with Gasteiger partial charge < -0.3 is 14.6 Å². The molecular formula is C18H18ClN3O3. The summed E-state index contributed by atoms with van der Waals surface area (Å²) < 4.78 is 5.46. The highest BCUT2D eigenvalue weighted by molar-refractivity contribution is 6.30. The van der Waals surface area contributed by atoms with E-state index in [0.29, 0.717) is 36.8 Å². The minimum absolute atomic E-state index is 0.0646. The Morgan fingerprint density at radius 3 is 2.92 bits per heavy atom. The van der Waals surface area contributed by atoms with Gasteiger partial charge >= 0.3 is 6.09 Å². The van der Waals surface area contributed by atoms with Gasteiger partial charge in [0.25, 0.3) is 5.91 Å². The van der Waals surface area contributed by atoms with E-state index in [1.165, 1.54) is 0 Å². The lowest BCUT2D eigenvalue weighted by atomic mass is 10.1. The van der Waals surface area contributed by atoms with Crippen LogP contribution in [0.4, 0.5) is 4.79 Å². The molecule has 6 nitrogen and oxygen atoms in total. The lowest BCUT2D eigenvalue weighted by Crippen LogP contribution is -2.40. The highest BCUT2D eigenvalue weighted by Crippen LogP contribution is 2.28. The minimum atomic E-state index is -0.302. The molecule has 0 radical (unpaired) electrons. The van der Waals surface area contributed by atoms with Crippen LogP contribution in [0.5, 0.6) is 0 Å². The van der Waals surface area contributed by atoms with Gasteiger partial charge in [-0.25, -0.2) is 4.79 Å². The van der Waals surface area contributed by atoms with Crippen molar-refractivity contribution in [2.75, 3.05) is 19.6 Å². The second-order valence-corrected chi connectivity index (χ2v) is 6.79. The molecule has 2 unspecified atom stereocenters. The van der Waals surface area contributed by atoms with Crippen LogP contribution in [0.1, 0.15) is 16.1 Å². The van der Waals surface area contributed by atoms with E-state index in [4.69, 9.17) is 16.3 Å². The van der Waals surface area contributed by atoms with Gasteiger partial charge in [0.05, 0.1) is 12.6 Å². The molecule has 0 aliphatic carbocycles. The molecule has 1 aromatic heterocycles. The molecule has 25 heavy (non-hydrogen) atoms. The van der Waals surface area contributed by atoms with Crippen molar-refractivity contribution in [3.05, 3.63) is 58.9 Å². The average molecular weight is 360 g/mol. The molecule has 7 heteroatoms. The Bertz CT molecular complexity index is 793. The average Bonchev–Trinajstić information content (AvgIpc) is 3.29. The van der Waals surface area contributed by atoms with Crippen LogP contribution in [-0.2, 0) is 11.2 Å². The number of carbonyl (C=O) groups is 2. The first-order valence-corrected chi connectivity index (χ1v) is 8.64. The number of carbonyl (C=O) groups excluding carboxylic acids is 2. The Kier molecular flexibility index (Phi) is 4.13. The Morgan fingerprint density at radius 1 is 1.28 bits per heavy atom. The molecule has 0 spiro atoms. The van der Waals surface area contributed by atoms with E-state index in [-0.39, 0.29) is 24.1 Å². The van der Waals surface area contributed by atoms with Gasteiger partial charge in [-0.2, -0.15) is 0 Å². The number of nitrogens with zero attached hydrogens (tertiary/aromatic N) is 2. The van der Waals surface area contributed by atoms with Crippen molar-refractivity contribution in [3.8, 4) is 0 Å². The first-order valence-electron chi connectivity index (χ1n) is 8.26. The van der Waals surface area contributed by atoms with Gasteiger partial charge in [0.2, 0.25) is 0 Å². The van der Waals surface area contributed by atoms with Crippen LogP contribution in [0.3, 0.4) is 0 Å². The van der Waals surface area contributed by atoms with Gasteiger partial charge in [0.15, 0.2) is 0 Å². The topological polar surface area (TPSA) is 65.6 Å². The maximum atomic E-state index is 12.5. The fourth-order valence-corrected chi connectivity index (χ4v) is 3.72. The van der Waals surface area contributed by atoms with Crippen molar-refractivity contribution in [1.82, 2.24) is 14.8 Å². The number of ether oxygens (including phenoxy) is 1. The molecule has 2 aliphatic heterocycles. The Morgan fingerprint density at radius 2 is 2.16 bits per heavy atom. The molecule has 2 atom stereocenters. The highest BCUT2D eigenvalue weighted by Gasteiger charge is 2.48. The normalized spacial score (nSPS) is 22.2. The van der Waals surface area contributed by atoms with Crippen molar-refractivity contribution in [3.63, 3.8) is 0 Å². The van der Waals surface area contributed by atoms with E-state index in [1.807, 2.05) is 24.3 Å². The molecule has 0 saturated carbocycles. The van der Waals surface area contributed by atoms with Crippen LogP contribution in [0, 0.1) is 0 Å². The zero-order valence-corrected chi connectivity index (χ0v) is 14.3. The molecule has 2 fully saturated rings. The second kappa shape index (κ2) is 6.44. The summed E-state index contributed by atoms with van der Waals surface area (Å²) in [6, 6.07) is 11.1. The summed E-state index contributed by atoms with van der Waals surface area (Å²) in [6.07, 6.45) is 1.86. The van der Waals surface area contributed by atoms with Crippen LogP contribution in [-0.4, -0.2) is 58.6 Å². The van der Waals surface area contributed by atoms with Gasteiger partial charge in [-0.1, -0.05) is 23.7 Å². The van der Waals surface area contributed by atoms with E-state index < -0.39 is 0 Å². The number of halogens is 1. The number of aromatic amines is 1. The summed E-state index contributed by atoms with van der Waals surface area (Å²) in [5, 5.41) is 0.683. The standard InChI is InChI=1S/C18H18ClN3O3/c19-13-4-1-3-12(9-13)6-8-22-15-10-21(11-16(15)25-18(22)24)17(23)14-5-2-7-20-14/h1-5,7,9,15-16,20H,6,8,10-11H2. The Balaban J connectivity index is 1.42. The van der Waals surface area contributed by atoms with E-state index in [2.05, 4.69) is 4.98 Å². The molecule has 1 N–H and O–H groups in total. The molecule has 130 valence electrons. The van der Waals surface area contributed by atoms with Crippen molar-refractivity contribution >= 4 is 23.6 Å². The molecule has 1 aromatic carbocycles. The van der Waals surface area contributed by atoms with Gasteiger partial charge in [0.1, 0.15) is 11.8 Å². The van der Waals surface area contributed by atoms with E-state index in [9.17, 15) is 9.59 Å². The third-order valence-electron chi connectivity index (χ3n) is 4.77. The molecular weight excluding hydrogens is 342 g/mol. The van der Waals surface area contributed by atoms with E-state index >= 15 is 0 Å². The van der Waals surface area contributed by atoms with Crippen LogP contribution >= 0.6 is 11.6 Å². The predicted molar refractivity (Wildman–Crippen MR) is 92.6 cm³/mol. The zero-order valence-electron chi connectivity index (χ0n) is 13.5. The van der Waals surface area contributed by atoms with Gasteiger partial charge in [-0.3, -0.25) is 9.69 Å². The number of hydrogen-bond donors (Lipinski definition) is 1. The molecule has 2 amide bonds. The number of fused-ring (bicyclic) bond motifs is 1. The van der Waals surface area contributed by atoms with Crippen LogP contribution in [0.15, 0.2) is 42.6 Å². The number of rotatable bonds is 4. The van der Waals surface area contributed by atoms with Gasteiger partial charge in [-0.05, 0) is 36.2 Å². The molecule has 2 saturated heterocycles. The SMILES string of the molecule is O=C(c1ccc[nH]1)N1CC2OC(=O)N(CCc3cccc(Cl)c3)C2C1. The summed E-state index contributed by atoms with van der Waals surface area (Å²) in [5.74, 6) is -0.0646. The number of H-pyrrole nitrogens is 1. The third-order valence-corrected chi connectivity index (χ3v) is 5.01. The molecule has 4 rings (SSSR count). The van der Waals surface area contributed by atoms with Crippen LogP contribution in [0.25, 0.3) is 0 Å². The molecule has 2 aliphatic rings. The zero-order chi connectivity index (χ0) is 17.4. The van der Waals surface area contributed by atoms with Crippen LogP contribution < -0.4 is 0 Å². The Labute approximate surface area is 150 Å². The Hall–Kier alpha value is -2.47. The quantitative estimate of drug-likeness (QED) is 0.912. The number of hydrogen-bond acceptors (Lipinski definition) is 3. The number of amides is 2. The number of aromatic nitrogens is 1. The summed E-state index contributed by atoms with van der Waals surface area (Å²) in [5.41, 5.74) is 1.62. The second-order valence-electron chi connectivity index (χ2n) is 6.36. The molecule has 3 heterocycles. The van der Waals surface area contributed by atoms with E-state index in [1.54, 1.807) is 28.1 Å². The molecule has 2 aromatic rings. The fraction of sp³-hybridized carbons (Fsp3) is 0.333. The van der Waals surface area contributed by atoms with Crippen LogP contribution in [0.2, 0.25) is 5.02 Å². The van der Waals surface area contributed by atoms with Crippen molar-refractivity contribution < 1.29 is 14.3 Å². The summed E-state index contributed by atoms with van der Waals surface area (Å²) in [7, 11) is 0. The summed E-state index contributed by atoms with van der Waals surface area (Å²) >= 11 is 6.01. The summed E-state index contributed by atoms with van der Waals surface area (Å²) in [4.78, 5) is 31.0. The maximum absolute atomic E-state index is 12.5. The van der Waals surface area contributed by atoms with Crippen molar-refractivity contribution in [2.45, 2.75) is 18.6 Å².